The molecule has 0 N–H and O–H groups in total. The summed E-state index contributed by atoms with van der Waals surface area (Å²) in [7, 11) is 0. The molecule has 0 saturated heterocycles. The molecule has 0 aromatic carbocycles. The van der Waals surface area contributed by atoms with Gasteiger partial charge in [0.2, 0.25) is 0 Å². The number of aryl methyl sites for hydroxylation is 1. The Morgan fingerprint density at radius 2 is 2.00 bits per heavy atom. The number of anilines is 1. The van der Waals surface area contributed by atoms with E-state index < -0.39 is 0 Å². The summed E-state index contributed by atoms with van der Waals surface area (Å²) in [5.74, 6) is 1.08. The molecule has 0 aliphatic carbocycles. The van der Waals surface area contributed by atoms with E-state index in [0.717, 1.165) is 30.7 Å². The van der Waals surface area contributed by atoms with Gasteiger partial charge in [0, 0.05) is 24.6 Å². The van der Waals surface area contributed by atoms with Gasteiger partial charge in [-0.25, -0.2) is 4.98 Å². The van der Waals surface area contributed by atoms with Crippen molar-refractivity contribution in [2.24, 2.45) is 0 Å². The van der Waals surface area contributed by atoms with Gasteiger partial charge in [0.05, 0.1) is 0 Å². The van der Waals surface area contributed by atoms with E-state index in [1.807, 2.05) is 6.20 Å². The van der Waals surface area contributed by atoms with Crippen molar-refractivity contribution < 1.29 is 0 Å². The third kappa shape index (κ3) is 2.98. The fourth-order valence-corrected chi connectivity index (χ4v) is 1.87. The Kier molecular flexibility index (Phi) is 4.94. The SMILES string of the molecule is CCN(CC)c1ccc(CCBr)cn1. The molecule has 0 atom stereocenters. The number of hydrogen-bond donors (Lipinski definition) is 0. The summed E-state index contributed by atoms with van der Waals surface area (Å²) < 4.78 is 0. The monoisotopic (exact) mass is 256 g/mol. The smallest absolute Gasteiger partial charge is 0.128 e. The molecular formula is C11H17BrN2. The lowest BCUT2D eigenvalue weighted by Gasteiger charge is -2.19. The van der Waals surface area contributed by atoms with E-state index in [9.17, 15) is 0 Å². The molecule has 14 heavy (non-hydrogen) atoms. The topological polar surface area (TPSA) is 16.1 Å². The van der Waals surface area contributed by atoms with E-state index in [2.05, 4.69) is 51.8 Å². The van der Waals surface area contributed by atoms with Crippen molar-refractivity contribution in [1.29, 1.82) is 0 Å². The molecule has 1 aromatic rings. The second-order valence-electron chi connectivity index (χ2n) is 3.14. The van der Waals surface area contributed by atoms with Crippen LogP contribution in [0.25, 0.3) is 0 Å². The molecule has 78 valence electrons. The number of rotatable bonds is 5. The lowest BCUT2D eigenvalue weighted by molar-refractivity contribution is 0.844. The van der Waals surface area contributed by atoms with Crippen molar-refractivity contribution in [3.63, 3.8) is 0 Å². The van der Waals surface area contributed by atoms with Crippen molar-refractivity contribution in [3.8, 4) is 0 Å². The first kappa shape index (κ1) is 11.5. The highest BCUT2D eigenvalue weighted by Crippen LogP contribution is 2.11. The molecular weight excluding hydrogens is 240 g/mol. The van der Waals surface area contributed by atoms with Gasteiger partial charge in [-0.15, -0.1) is 0 Å². The number of aromatic nitrogens is 1. The number of alkyl halides is 1. The lowest BCUT2D eigenvalue weighted by atomic mass is 10.2. The minimum atomic E-state index is 0.999. The maximum Gasteiger partial charge on any atom is 0.128 e. The van der Waals surface area contributed by atoms with E-state index in [0.29, 0.717) is 0 Å². The number of hydrogen-bond acceptors (Lipinski definition) is 2. The zero-order valence-electron chi connectivity index (χ0n) is 8.83. The first-order valence-corrected chi connectivity index (χ1v) is 6.19. The Labute approximate surface area is 94.5 Å². The number of halogens is 1. The van der Waals surface area contributed by atoms with Crippen molar-refractivity contribution in [2.45, 2.75) is 20.3 Å². The third-order valence-electron chi connectivity index (χ3n) is 2.28. The Hall–Kier alpha value is -0.570. The Balaban J connectivity index is 2.71. The van der Waals surface area contributed by atoms with Gasteiger partial charge in [0.1, 0.15) is 5.82 Å². The van der Waals surface area contributed by atoms with Crippen molar-refractivity contribution >= 4 is 21.7 Å². The van der Waals surface area contributed by atoms with Crippen LogP contribution in [-0.4, -0.2) is 23.4 Å². The van der Waals surface area contributed by atoms with Gasteiger partial charge in [-0.3, -0.25) is 0 Å². The molecule has 0 fully saturated rings. The van der Waals surface area contributed by atoms with E-state index in [1.165, 1.54) is 5.56 Å². The third-order valence-corrected chi connectivity index (χ3v) is 2.68. The maximum atomic E-state index is 4.44. The second kappa shape index (κ2) is 6.02. The molecule has 0 radical (unpaired) electrons. The molecule has 3 heteroatoms. The Morgan fingerprint density at radius 1 is 1.29 bits per heavy atom. The zero-order valence-corrected chi connectivity index (χ0v) is 10.4. The molecule has 0 unspecified atom stereocenters. The molecule has 0 aliphatic rings. The molecule has 0 aliphatic heterocycles. The minimum absolute atomic E-state index is 0.999. The summed E-state index contributed by atoms with van der Waals surface area (Å²) in [5.41, 5.74) is 1.29. The molecule has 2 nitrogen and oxygen atoms in total. The second-order valence-corrected chi connectivity index (χ2v) is 3.93. The van der Waals surface area contributed by atoms with Crippen LogP contribution in [0.2, 0.25) is 0 Å². The van der Waals surface area contributed by atoms with E-state index in [4.69, 9.17) is 0 Å². The predicted octanol–water partition coefficient (Wildman–Crippen LogP) is 2.87. The van der Waals surface area contributed by atoms with Crippen molar-refractivity contribution in [1.82, 2.24) is 4.98 Å². The van der Waals surface area contributed by atoms with Gasteiger partial charge < -0.3 is 4.90 Å². The standard InChI is InChI=1S/C11H17BrN2/c1-3-14(4-2)11-6-5-10(7-8-12)9-13-11/h5-6,9H,3-4,7-8H2,1-2H3. The largest absolute Gasteiger partial charge is 0.357 e. The van der Waals surface area contributed by atoms with E-state index >= 15 is 0 Å². The van der Waals surface area contributed by atoms with Crippen molar-refractivity contribution in [3.05, 3.63) is 23.9 Å². The van der Waals surface area contributed by atoms with Crippen LogP contribution in [-0.2, 0) is 6.42 Å². The lowest BCUT2D eigenvalue weighted by Crippen LogP contribution is -2.22. The summed E-state index contributed by atoms with van der Waals surface area (Å²) in [5, 5.41) is 0.999. The van der Waals surface area contributed by atoms with Crippen LogP contribution in [0.1, 0.15) is 19.4 Å². The highest BCUT2D eigenvalue weighted by molar-refractivity contribution is 9.09. The molecule has 0 bridgehead atoms. The van der Waals surface area contributed by atoms with Gasteiger partial charge in [0.25, 0.3) is 0 Å². The zero-order chi connectivity index (χ0) is 10.4. The fourth-order valence-electron chi connectivity index (χ4n) is 1.41. The van der Waals surface area contributed by atoms with Gasteiger partial charge in [-0.1, -0.05) is 22.0 Å². The van der Waals surface area contributed by atoms with Crippen LogP contribution in [0.4, 0.5) is 5.82 Å². The first-order chi connectivity index (χ1) is 6.81. The van der Waals surface area contributed by atoms with Gasteiger partial charge in [-0.05, 0) is 31.9 Å². The maximum absolute atomic E-state index is 4.44. The van der Waals surface area contributed by atoms with Gasteiger partial charge >= 0.3 is 0 Å². The molecule has 1 aromatic heterocycles. The van der Waals surface area contributed by atoms with E-state index in [1.54, 1.807) is 0 Å². The summed E-state index contributed by atoms with van der Waals surface area (Å²) in [6, 6.07) is 4.26. The Bertz CT molecular complexity index is 254. The van der Waals surface area contributed by atoms with Crippen LogP contribution in [0.15, 0.2) is 18.3 Å². The minimum Gasteiger partial charge on any atom is -0.357 e. The van der Waals surface area contributed by atoms with Crippen LogP contribution < -0.4 is 4.90 Å². The molecule has 0 saturated carbocycles. The average molecular weight is 257 g/mol. The van der Waals surface area contributed by atoms with Crippen LogP contribution in [0, 0.1) is 0 Å². The normalized spacial score (nSPS) is 10.2. The highest BCUT2D eigenvalue weighted by atomic mass is 79.9. The number of pyridine rings is 1. The molecule has 1 rings (SSSR count). The Morgan fingerprint density at radius 3 is 2.43 bits per heavy atom. The van der Waals surface area contributed by atoms with Crippen molar-refractivity contribution in [2.75, 3.05) is 23.3 Å². The predicted molar refractivity (Wildman–Crippen MR) is 65.3 cm³/mol. The molecule has 0 amide bonds. The summed E-state index contributed by atoms with van der Waals surface area (Å²) in [4.78, 5) is 6.69. The average Bonchev–Trinajstić information content (AvgIpc) is 2.23. The molecule has 1 heterocycles. The van der Waals surface area contributed by atoms with Crippen LogP contribution >= 0.6 is 15.9 Å². The van der Waals surface area contributed by atoms with Gasteiger partial charge in [0.15, 0.2) is 0 Å². The highest BCUT2D eigenvalue weighted by Gasteiger charge is 2.02. The summed E-state index contributed by atoms with van der Waals surface area (Å²) in [6.07, 6.45) is 3.01. The van der Waals surface area contributed by atoms with Crippen LogP contribution in [0.5, 0.6) is 0 Å². The fraction of sp³-hybridized carbons (Fsp3) is 0.545. The quantitative estimate of drug-likeness (QED) is 0.754. The van der Waals surface area contributed by atoms with E-state index in [-0.39, 0.29) is 0 Å². The summed E-state index contributed by atoms with van der Waals surface area (Å²) in [6.45, 7) is 6.33. The number of nitrogens with zero attached hydrogens (tertiary/aromatic N) is 2. The molecule has 0 spiro atoms. The first-order valence-electron chi connectivity index (χ1n) is 5.07. The summed E-state index contributed by atoms with van der Waals surface area (Å²) >= 11 is 3.42. The van der Waals surface area contributed by atoms with Crippen LogP contribution in [0.3, 0.4) is 0 Å². The van der Waals surface area contributed by atoms with Gasteiger partial charge in [-0.2, -0.15) is 0 Å².